The summed E-state index contributed by atoms with van der Waals surface area (Å²) in [6.07, 6.45) is -10.6. The Morgan fingerprint density at radius 3 is 1.42 bits per heavy atom. The first kappa shape index (κ1) is 31.3. The molecule has 0 aliphatic rings. The smallest absolute Gasteiger partial charge is 0.396 e. The Morgan fingerprint density at radius 2 is 1.03 bits per heavy atom. The van der Waals surface area contributed by atoms with E-state index in [1.54, 1.807) is 0 Å². The minimum absolute atomic E-state index is 0.0209. The Morgan fingerprint density at radius 1 is 0.636 bits per heavy atom. The van der Waals surface area contributed by atoms with E-state index in [0.29, 0.717) is 32.1 Å². The number of ether oxygens (including phenoxy) is 1. The molecule has 15 heteroatoms. The second-order valence-corrected chi connectivity index (χ2v) is 7.07. The van der Waals surface area contributed by atoms with Gasteiger partial charge >= 0.3 is 24.1 Å². The molecule has 33 heavy (non-hydrogen) atoms. The highest BCUT2D eigenvalue weighted by Crippen LogP contribution is 2.45. The van der Waals surface area contributed by atoms with Gasteiger partial charge in [0.15, 0.2) is 0 Å². The highest BCUT2D eigenvalue weighted by atomic mass is 19.4. The lowest BCUT2D eigenvalue weighted by molar-refractivity contribution is -0.428. The van der Waals surface area contributed by atoms with Gasteiger partial charge in [0.05, 0.1) is 0 Å². The molecule has 2 amide bonds. The number of amides is 2. The molecule has 0 bridgehead atoms. The molecule has 7 nitrogen and oxygen atoms in total. The number of aliphatic hydroxyl groups is 2. The molecule has 0 aromatic rings. The number of unbranched alkanes of at least 4 members (excludes halogenated alkanes) is 6. The van der Waals surface area contributed by atoms with Gasteiger partial charge in [-0.15, -0.1) is 0 Å². The molecule has 0 unspecified atom stereocenters. The third-order valence-electron chi connectivity index (χ3n) is 4.32. The van der Waals surface area contributed by atoms with E-state index < -0.39 is 49.0 Å². The number of aliphatic hydroxyl groups excluding tert-OH is 2. The molecule has 196 valence electrons. The molecule has 0 heterocycles. The maximum atomic E-state index is 14.3. The van der Waals surface area contributed by atoms with Crippen molar-refractivity contribution in [2.24, 2.45) is 0 Å². The monoisotopic (exact) mass is 504 g/mol. The van der Waals surface area contributed by atoms with Crippen molar-refractivity contribution in [1.29, 1.82) is 0 Å². The van der Waals surface area contributed by atoms with Crippen LogP contribution in [-0.4, -0.2) is 72.4 Å². The van der Waals surface area contributed by atoms with E-state index in [1.165, 1.54) is 10.6 Å². The van der Waals surface area contributed by atoms with Gasteiger partial charge in [-0.2, -0.15) is 35.1 Å². The minimum atomic E-state index is -6.48. The van der Waals surface area contributed by atoms with Gasteiger partial charge in [-0.3, -0.25) is 14.3 Å². The molecule has 1 atom stereocenters. The van der Waals surface area contributed by atoms with Crippen LogP contribution in [0, 0.1) is 0 Å². The summed E-state index contributed by atoms with van der Waals surface area (Å²) in [7, 11) is 0. The number of carbonyl (C=O) groups excluding carboxylic acids is 2. The van der Waals surface area contributed by atoms with E-state index in [1.807, 2.05) is 0 Å². The number of carbonyl (C=O) groups is 2. The number of hydrogen-bond acceptors (Lipinski definition) is 5. The van der Waals surface area contributed by atoms with Crippen LogP contribution in [0.1, 0.15) is 51.4 Å². The third kappa shape index (κ3) is 9.57. The van der Waals surface area contributed by atoms with Crippen LogP contribution in [0.2, 0.25) is 0 Å². The van der Waals surface area contributed by atoms with Gasteiger partial charge in [-0.05, 0) is 25.7 Å². The number of halogens is 8. The number of nitrogens with one attached hydrogen (secondary N) is 2. The van der Waals surface area contributed by atoms with Gasteiger partial charge in [-0.25, -0.2) is 0 Å². The molecule has 0 radical (unpaired) electrons. The first-order valence-corrected chi connectivity index (χ1v) is 10.2. The average molecular weight is 504 g/mol. The molecule has 0 saturated carbocycles. The highest BCUT2D eigenvalue weighted by molar-refractivity contribution is 5.86. The summed E-state index contributed by atoms with van der Waals surface area (Å²) in [5.41, 5.74) is 0. The van der Waals surface area contributed by atoms with Gasteiger partial charge in [0.2, 0.25) is 0 Å². The predicted molar refractivity (Wildman–Crippen MR) is 98.0 cm³/mol. The first-order chi connectivity index (χ1) is 15.2. The molecule has 0 fully saturated rings. The molecular weight excluding hydrogens is 476 g/mol. The standard InChI is InChI=1S/C18H28F8N2O5/c19-15(20,13(31)27-9-5-1-3-7-11-29)18(25,26)33-16(21,17(22,23)24)14(32)28-10-6-2-4-8-12-30/h29-30H,1-12H2,(H,27,31)(H,28,32)/t16-/m1/s1. The van der Waals surface area contributed by atoms with E-state index in [-0.39, 0.29) is 32.5 Å². The normalized spacial score (nSPS) is 14.6. The quantitative estimate of drug-likeness (QED) is 0.180. The van der Waals surface area contributed by atoms with Crippen molar-refractivity contribution in [2.75, 3.05) is 26.3 Å². The lowest BCUT2D eigenvalue weighted by Gasteiger charge is -2.33. The summed E-state index contributed by atoms with van der Waals surface area (Å²) in [5, 5.41) is 19.9. The van der Waals surface area contributed by atoms with Crippen molar-refractivity contribution in [1.82, 2.24) is 10.6 Å². The van der Waals surface area contributed by atoms with Crippen LogP contribution in [0.25, 0.3) is 0 Å². The maximum absolute atomic E-state index is 14.3. The fourth-order valence-electron chi connectivity index (χ4n) is 2.42. The summed E-state index contributed by atoms with van der Waals surface area (Å²) >= 11 is 0. The van der Waals surface area contributed by atoms with Crippen molar-refractivity contribution in [3.05, 3.63) is 0 Å². The summed E-state index contributed by atoms with van der Waals surface area (Å²) in [6.45, 7) is -1.47. The lowest BCUT2D eigenvalue weighted by atomic mass is 10.2. The molecule has 0 aliphatic heterocycles. The van der Waals surface area contributed by atoms with Gasteiger partial charge in [0, 0.05) is 26.3 Å². The van der Waals surface area contributed by atoms with Crippen molar-refractivity contribution in [3.8, 4) is 0 Å². The fraction of sp³-hybridized carbons (Fsp3) is 0.889. The lowest BCUT2D eigenvalue weighted by Crippen LogP contribution is -2.63. The van der Waals surface area contributed by atoms with E-state index >= 15 is 0 Å². The van der Waals surface area contributed by atoms with Crippen LogP contribution in [0.4, 0.5) is 35.1 Å². The minimum Gasteiger partial charge on any atom is -0.396 e. The van der Waals surface area contributed by atoms with E-state index in [9.17, 15) is 44.7 Å². The Hall–Kier alpha value is -1.74. The first-order valence-electron chi connectivity index (χ1n) is 10.2. The highest BCUT2D eigenvalue weighted by Gasteiger charge is 2.74. The van der Waals surface area contributed by atoms with Crippen molar-refractivity contribution in [2.45, 2.75) is 75.4 Å². The number of rotatable bonds is 17. The zero-order chi connectivity index (χ0) is 25.8. The average Bonchev–Trinajstić information content (AvgIpc) is 2.71. The largest absolute Gasteiger partial charge is 0.458 e. The molecule has 0 aromatic carbocycles. The van der Waals surface area contributed by atoms with Crippen LogP contribution in [-0.2, 0) is 14.3 Å². The van der Waals surface area contributed by atoms with Gasteiger partial charge in [-0.1, -0.05) is 25.7 Å². The molecule has 0 aliphatic carbocycles. The molecule has 0 aromatic heterocycles. The topological polar surface area (TPSA) is 108 Å². The van der Waals surface area contributed by atoms with Crippen LogP contribution < -0.4 is 10.6 Å². The molecule has 0 spiro atoms. The van der Waals surface area contributed by atoms with Crippen molar-refractivity contribution < 1.29 is 59.7 Å². The van der Waals surface area contributed by atoms with Crippen molar-refractivity contribution >= 4 is 11.8 Å². The molecule has 0 saturated heterocycles. The SMILES string of the molecule is O=C(NCCCCCCO)C(F)(F)C(F)(F)O[C@](F)(C(=O)NCCCCCCO)C(F)(F)F. The Bertz CT molecular complexity index is 607. The molecule has 4 N–H and O–H groups in total. The summed E-state index contributed by atoms with van der Waals surface area (Å²) in [4.78, 5) is 23.0. The summed E-state index contributed by atoms with van der Waals surface area (Å²) in [6, 6.07) is 0. The van der Waals surface area contributed by atoms with E-state index in [2.05, 4.69) is 4.74 Å². The van der Waals surface area contributed by atoms with Crippen LogP contribution >= 0.6 is 0 Å². The van der Waals surface area contributed by atoms with Gasteiger partial charge < -0.3 is 20.8 Å². The van der Waals surface area contributed by atoms with Crippen LogP contribution in [0.3, 0.4) is 0 Å². The number of hydrogen-bond donors (Lipinski definition) is 4. The maximum Gasteiger partial charge on any atom is 0.458 e. The Balaban J connectivity index is 5.17. The predicted octanol–water partition coefficient (Wildman–Crippen LogP) is 2.80. The van der Waals surface area contributed by atoms with Gasteiger partial charge in [0.1, 0.15) is 0 Å². The summed E-state index contributed by atoms with van der Waals surface area (Å²) in [5.74, 6) is -17.3. The second-order valence-electron chi connectivity index (χ2n) is 7.07. The molecular formula is C18H28F8N2O5. The molecule has 0 rings (SSSR count). The second kappa shape index (κ2) is 13.8. The zero-order valence-electron chi connectivity index (χ0n) is 17.6. The van der Waals surface area contributed by atoms with Crippen LogP contribution in [0.5, 0.6) is 0 Å². The zero-order valence-corrected chi connectivity index (χ0v) is 17.6. The number of alkyl halides is 8. The fourth-order valence-corrected chi connectivity index (χ4v) is 2.42. The Kier molecular flexibility index (Phi) is 13.1. The van der Waals surface area contributed by atoms with E-state index in [4.69, 9.17) is 10.2 Å². The Labute approximate surface area is 184 Å². The third-order valence-corrected chi connectivity index (χ3v) is 4.32. The summed E-state index contributed by atoms with van der Waals surface area (Å²) < 4.78 is 111. The van der Waals surface area contributed by atoms with Gasteiger partial charge in [0.25, 0.3) is 11.8 Å². The van der Waals surface area contributed by atoms with E-state index in [0.717, 1.165) is 0 Å². The van der Waals surface area contributed by atoms with Crippen molar-refractivity contribution in [3.63, 3.8) is 0 Å². The van der Waals surface area contributed by atoms with Crippen LogP contribution in [0.15, 0.2) is 0 Å².